The van der Waals surface area contributed by atoms with Crippen molar-refractivity contribution in [3.63, 3.8) is 0 Å². The Morgan fingerprint density at radius 1 is 1.32 bits per heavy atom. The zero-order chi connectivity index (χ0) is 13.6. The van der Waals surface area contributed by atoms with Gasteiger partial charge in [0.25, 0.3) is 0 Å². The molecule has 0 saturated heterocycles. The van der Waals surface area contributed by atoms with Gasteiger partial charge >= 0.3 is 0 Å². The summed E-state index contributed by atoms with van der Waals surface area (Å²) in [6.07, 6.45) is 1.68. The van der Waals surface area contributed by atoms with Crippen molar-refractivity contribution in [1.29, 1.82) is 0 Å². The molecule has 1 aromatic carbocycles. The van der Waals surface area contributed by atoms with Gasteiger partial charge < -0.3 is 5.73 Å². The van der Waals surface area contributed by atoms with E-state index in [-0.39, 0.29) is 11.6 Å². The van der Waals surface area contributed by atoms with Gasteiger partial charge in [-0.25, -0.2) is 14.4 Å². The van der Waals surface area contributed by atoms with E-state index in [4.69, 9.17) is 17.3 Å². The molecular formula is C13H10ClFN4. The lowest BCUT2D eigenvalue weighted by atomic mass is 10.3. The summed E-state index contributed by atoms with van der Waals surface area (Å²) in [5.74, 6) is -0.257. The number of imidazole rings is 1. The molecule has 3 aromatic rings. The molecule has 19 heavy (non-hydrogen) atoms. The minimum Gasteiger partial charge on any atom is -0.369 e. The zero-order valence-corrected chi connectivity index (χ0v) is 10.8. The minimum absolute atomic E-state index is 0.175. The maximum absolute atomic E-state index is 13.9. The lowest BCUT2D eigenvalue weighted by Gasteiger charge is -2.07. The molecule has 0 spiro atoms. The molecule has 0 radical (unpaired) electrons. The fourth-order valence-electron chi connectivity index (χ4n) is 1.98. The number of nitrogen functional groups attached to an aromatic ring is 1. The zero-order valence-electron chi connectivity index (χ0n) is 10.1. The van der Waals surface area contributed by atoms with Crippen molar-refractivity contribution in [2.45, 2.75) is 6.92 Å². The number of nitrogens with zero attached hydrogens (tertiary/aromatic N) is 3. The molecule has 0 aliphatic rings. The Labute approximate surface area is 113 Å². The van der Waals surface area contributed by atoms with Crippen LogP contribution >= 0.6 is 11.6 Å². The molecule has 4 nitrogen and oxygen atoms in total. The highest BCUT2D eigenvalue weighted by Crippen LogP contribution is 2.26. The lowest BCUT2D eigenvalue weighted by molar-refractivity contribution is 0.619. The molecule has 6 heteroatoms. The third kappa shape index (κ3) is 1.92. The van der Waals surface area contributed by atoms with Gasteiger partial charge in [0, 0.05) is 11.2 Å². The second-order valence-electron chi connectivity index (χ2n) is 4.26. The molecule has 0 amide bonds. The molecule has 0 atom stereocenters. The first-order chi connectivity index (χ1) is 9.06. The van der Waals surface area contributed by atoms with Crippen LogP contribution in [0.25, 0.3) is 16.9 Å². The molecule has 0 saturated carbocycles. The SMILES string of the molecule is Cc1cnc2c(c1)nc(N)n2-c1cc(Cl)ccc1F. The van der Waals surface area contributed by atoms with E-state index in [2.05, 4.69) is 9.97 Å². The number of fused-ring (bicyclic) bond motifs is 1. The van der Waals surface area contributed by atoms with Crippen LogP contribution < -0.4 is 5.73 Å². The number of hydrogen-bond donors (Lipinski definition) is 1. The number of halogens is 2. The van der Waals surface area contributed by atoms with Gasteiger partial charge in [0.15, 0.2) is 5.65 Å². The van der Waals surface area contributed by atoms with Crippen LogP contribution in [-0.2, 0) is 0 Å². The van der Waals surface area contributed by atoms with Crippen LogP contribution in [0.1, 0.15) is 5.56 Å². The Morgan fingerprint density at radius 3 is 2.89 bits per heavy atom. The van der Waals surface area contributed by atoms with E-state index in [1.54, 1.807) is 6.20 Å². The van der Waals surface area contributed by atoms with Crippen molar-refractivity contribution in [1.82, 2.24) is 14.5 Å². The van der Waals surface area contributed by atoms with Gasteiger partial charge in [-0.1, -0.05) is 11.6 Å². The van der Waals surface area contributed by atoms with Gasteiger partial charge in [0.1, 0.15) is 11.3 Å². The molecule has 96 valence electrons. The molecule has 0 unspecified atom stereocenters. The third-order valence-electron chi connectivity index (χ3n) is 2.81. The molecule has 0 bridgehead atoms. The quantitative estimate of drug-likeness (QED) is 0.743. The first-order valence-corrected chi connectivity index (χ1v) is 6.00. The topological polar surface area (TPSA) is 56.7 Å². The van der Waals surface area contributed by atoms with E-state index in [0.717, 1.165) is 5.56 Å². The fourth-order valence-corrected chi connectivity index (χ4v) is 2.14. The Kier molecular flexibility index (Phi) is 2.64. The van der Waals surface area contributed by atoms with E-state index < -0.39 is 5.82 Å². The minimum atomic E-state index is -0.433. The van der Waals surface area contributed by atoms with Gasteiger partial charge in [-0.05, 0) is 36.8 Å². The van der Waals surface area contributed by atoms with Gasteiger partial charge in [0.2, 0.25) is 5.95 Å². The number of rotatable bonds is 1. The second kappa shape index (κ2) is 4.20. The van der Waals surface area contributed by atoms with Crippen molar-refractivity contribution in [2.24, 2.45) is 0 Å². The van der Waals surface area contributed by atoms with Crippen LogP contribution in [0.5, 0.6) is 0 Å². The van der Waals surface area contributed by atoms with Crippen LogP contribution in [0.4, 0.5) is 10.3 Å². The van der Waals surface area contributed by atoms with Crippen LogP contribution in [0.3, 0.4) is 0 Å². The van der Waals surface area contributed by atoms with Crippen molar-refractivity contribution in [3.8, 4) is 5.69 Å². The fraction of sp³-hybridized carbons (Fsp3) is 0.0769. The average molecular weight is 277 g/mol. The first kappa shape index (κ1) is 11.9. The third-order valence-corrected chi connectivity index (χ3v) is 3.04. The maximum Gasteiger partial charge on any atom is 0.207 e. The van der Waals surface area contributed by atoms with Crippen LogP contribution in [-0.4, -0.2) is 14.5 Å². The van der Waals surface area contributed by atoms with Crippen molar-refractivity contribution in [2.75, 3.05) is 5.73 Å². The van der Waals surface area contributed by atoms with Crippen molar-refractivity contribution < 1.29 is 4.39 Å². The molecular weight excluding hydrogens is 267 g/mol. The van der Waals surface area contributed by atoms with Crippen molar-refractivity contribution >= 4 is 28.7 Å². The van der Waals surface area contributed by atoms with E-state index in [9.17, 15) is 4.39 Å². The van der Waals surface area contributed by atoms with Gasteiger partial charge in [0.05, 0.1) is 5.69 Å². The number of anilines is 1. The monoisotopic (exact) mass is 276 g/mol. The summed E-state index contributed by atoms with van der Waals surface area (Å²) < 4.78 is 15.4. The second-order valence-corrected chi connectivity index (χ2v) is 4.69. The number of hydrogen-bond acceptors (Lipinski definition) is 3. The standard InChI is InChI=1S/C13H10ClFN4/c1-7-4-10-12(17-6-7)19(13(16)18-10)11-5-8(14)2-3-9(11)15/h2-6H,1H3,(H2,16,18). The normalized spacial score (nSPS) is 11.1. The summed E-state index contributed by atoms with van der Waals surface area (Å²) >= 11 is 5.90. The number of aromatic nitrogens is 3. The smallest absolute Gasteiger partial charge is 0.207 e. The highest BCUT2D eigenvalue weighted by molar-refractivity contribution is 6.30. The molecule has 0 fully saturated rings. The van der Waals surface area contributed by atoms with Gasteiger partial charge in [-0.2, -0.15) is 0 Å². The summed E-state index contributed by atoms with van der Waals surface area (Å²) in [4.78, 5) is 8.45. The highest BCUT2D eigenvalue weighted by atomic mass is 35.5. The van der Waals surface area contributed by atoms with E-state index in [1.807, 2.05) is 13.0 Å². The molecule has 2 heterocycles. The number of pyridine rings is 1. The Hall–Kier alpha value is -2.14. The molecule has 0 aliphatic carbocycles. The summed E-state index contributed by atoms with van der Waals surface area (Å²) in [5.41, 5.74) is 8.18. The Bertz CT molecular complexity index is 782. The molecule has 2 aromatic heterocycles. The largest absolute Gasteiger partial charge is 0.369 e. The summed E-state index contributed by atoms with van der Waals surface area (Å²) in [6.45, 7) is 1.90. The molecule has 0 aliphatic heterocycles. The summed E-state index contributed by atoms with van der Waals surface area (Å²) in [6, 6.07) is 6.11. The van der Waals surface area contributed by atoms with Crippen molar-refractivity contribution in [3.05, 3.63) is 46.9 Å². The Morgan fingerprint density at radius 2 is 2.11 bits per heavy atom. The predicted octanol–water partition coefficient (Wildman–Crippen LogP) is 3.10. The average Bonchev–Trinajstić information content (AvgIpc) is 2.67. The number of nitrogens with two attached hydrogens (primary N) is 1. The summed E-state index contributed by atoms with van der Waals surface area (Å²) in [5, 5.41) is 0.421. The summed E-state index contributed by atoms with van der Waals surface area (Å²) in [7, 11) is 0. The van der Waals surface area contributed by atoms with E-state index >= 15 is 0 Å². The molecule has 2 N–H and O–H groups in total. The van der Waals surface area contributed by atoms with Gasteiger partial charge in [-0.15, -0.1) is 0 Å². The first-order valence-electron chi connectivity index (χ1n) is 5.62. The highest BCUT2D eigenvalue weighted by Gasteiger charge is 2.15. The number of aryl methyl sites for hydroxylation is 1. The maximum atomic E-state index is 13.9. The van der Waals surface area contributed by atoms with Gasteiger partial charge in [-0.3, -0.25) is 4.57 Å². The van der Waals surface area contributed by atoms with Crippen LogP contribution in [0.15, 0.2) is 30.5 Å². The number of benzene rings is 1. The van der Waals surface area contributed by atoms with Crippen LogP contribution in [0, 0.1) is 12.7 Å². The lowest BCUT2D eigenvalue weighted by Crippen LogP contribution is -2.03. The molecule has 3 rings (SSSR count). The van der Waals surface area contributed by atoms with E-state index in [0.29, 0.717) is 16.2 Å². The van der Waals surface area contributed by atoms with Crippen LogP contribution in [0.2, 0.25) is 5.02 Å². The Balaban J connectivity index is 2.36. The predicted molar refractivity (Wildman–Crippen MR) is 73.0 cm³/mol. The van der Waals surface area contributed by atoms with E-state index in [1.165, 1.54) is 22.8 Å².